The Bertz CT molecular complexity index is 434. The van der Waals surface area contributed by atoms with Crippen LogP contribution < -0.4 is 5.48 Å². The minimum Gasteiger partial charge on any atom is -0.316 e. The summed E-state index contributed by atoms with van der Waals surface area (Å²) in [5, 5.41) is 11.3. The fourth-order valence-electron chi connectivity index (χ4n) is 1.70. The van der Waals surface area contributed by atoms with Crippen molar-refractivity contribution in [3.63, 3.8) is 0 Å². The summed E-state index contributed by atoms with van der Waals surface area (Å²) in [5.41, 5.74) is 3.39. The average molecular weight is 187 g/mol. The standard InChI is InChI=1S/C12H13NO/c1-9(13-14)11-8-4-6-10-5-2-3-7-12(10)11/h2-9,13-14H,1H3. The van der Waals surface area contributed by atoms with Crippen LogP contribution in [-0.2, 0) is 0 Å². The first-order chi connectivity index (χ1) is 6.83. The highest BCUT2D eigenvalue weighted by atomic mass is 16.5. The topological polar surface area (TPSA) is 32.3 Å². The third-order valence-corrected chi connectivity index (χ3v) is 2.48. The predicted octanol–water partition coefficient (Wildman–Crippen LogP) is 2.88. The predicted molar refractivity (Wildman–Crippen MR) is 57.3 cm³/mol. The van der Waals surface area contributed by atoms with Gasteiger partial charge in [-0.3, -0.25) is 0 Å². The second-order valence-corrected chi connectivity index (χ2v) is 3.42. The van der Waals surface area contributed by atoms with Gasteiger partial charge in [-0.1, -0.05) is 42.5 Å². The zero-order valence-electron chi connectivity index (χ0n) is 8.07. The van der Waals surface area contributed by atoms with Crippen LogP contribution in [0.2, 0.25) is 0 Å². The molecule has 0 aliphatic carbocycles. The van der Waals surface area contributed by atoms with Gasteiger partial charge in [-0.2, -0.15) is 5.48 Å². The Labute approximate surface area is 83.1 Å². The van der Waals surface area contributed by atoms with Crippen LogP contribution in [0, 0.1) is 0 Å². The van der Waals surface area contributed by atoms with Gasteiger partial charge < -0.3 is 5.21 Å². The summed E-state index contributed by atoms with van der Waals surface area (Å²) in [6.07, 6.45) is 0. The first kappa shape index (κ1) is 9.19. The lowest BCUT2D eigenvalue weighted by atomic mass is 10.0. The fourth-order valence-corrected chi connectivity index (χ4v) is 1.70. The van der Waals surface area contributed by atoms with E-state index in [1.807, 2.05) is 31.2 Å². The van der Waals surface area contributed by atoms with Crippen LogP contribution in [0.25, 0.3) is 10.8 Å². The van der Waals surface area contributed by atoms with Gasteiger partial charge >= 0.3 is 0 Å². The average Bonchev–Trinajstić information content (AvgIpc) is 2.27. The van der Waals surface area contributed by atoms with Gasteiger partial charge in [-0.05, 0) is 23.3 Å². The molecule has 0 aromatic heterocycles. The highest BCUT2D eigenvalue weighted by molar-refractivity contribution is 5.86. The summed E-state index contributed by atoms with van der Waals surface area (Å²) >= 11 is 0. The van der Waals surface area contributed by atoms with E-state index < -0.39 is 0 Å². The minimum absolute atomic E-state index is 0.0406. The van der Waals surface area contributed by atoms with Crippen LogP contribution in [0.1, 0.15) is 18.5 Å². The lowest BCUT2D eigenvalue weighted by Crippen LogP contribution is -2.13. The molecule has 1 unspecified atom stereocenters. The molecule has 1 atom stereocenters. The van der Waals surface area contributed by atoms with Gasteiger partial charge in [0.2, 0.25) is 0 Å². The second-order valence-electron chi connectivity index (χ2n) is 3.42. The molecule has 14 heavy (non-hydrogen) atoms. The first-order valence-electron chi connectivity index (χ1n) is 4.70. The monoisotopic (exact) mass is 187 g/mol. The van der Waals surface area contributed by atoms with E-state index in [-0.39, 0.29) is 6.04 Å². The first-order valence-corrected chi connectivity index (χ1v) is 4.70. The molecule has 0 amide bonds. The molecule has 0 saturated heterocycles. The van der Waals surface area contributed by atoms with Crippen molar-refractivity contribution < 1.29 is 5.21 Å². The third kappa shape index (κ3) is 1.50. The summed E-state index contributed by atoms with van der Waals surface area (Å²) in [7, 11) is 0. The zero-order valence-corrected chi connectivity index (χ0v) is 8.07. The Morgan fingerprint density at radius 2 is 1.79 bits per heavy atom. The van der Waals surface area contributed by atoms with E-state index in [4.69, 9.17) is 5.21 Å². The molecule has 2 N–H and O–H groups in total. The molecule has 0 aliphatic heterocycles. The number of fused-ring (bicyclic) bond motifs is 1. The van der Waals surface area contributed by atoms with E-state index in [0.717, 1.165) is 5.56 Å². The van der Waals surface area contributed by atoms with Crippen LogP contribution >= 0.6 is 0 Å². The molecule has 0 aliphatic rings. The molecule has 72 valence electrons. The molecule has 0 spiro atoms. The van der Waals surface area contributed by atoms with Gasteiger partial charge in [0.1, 0.15) is 0 Å². The Balaban J connectivity index is 2.65. The summed E-state index contributed by atoms with van der Waals surface area (Å²) in [5.74, 6) is 0. The maximum absolute atomic E-state index is 8.90. The van der Waals surface area contributed by atoms with Crippen molar-refractivity contribution in [3.05, 3.63) is 48.0 Å². The van der Waals surface area contributed by atoms with Gasteiger partial charge in [0.05, 0.1) is 6.04 Å². The molecular weight excluding hydrogens is 174 g/mol. The highest BCUT2D eigenvalue weighted by Gasteiger charge is 2.06. The molecule has 2 aromatic rings. The normalized spacial score (nSPS) is 13.0. The summed E-state index contributed by atoms with van der Waals surface area (Å²) in [6.45, 7) is 1.93. The molecule has 0 heterocycles. The van der Waals surface area contributed by atoms with Crippen molar-refractivity contribution in [3.8, 4) is 0 Å². The third-order valence-electron chi connectivity index (χ3n) is 2.48. The second kappa shape index (κ2) is 3.78. The van der Waals surface area contributed by atoms with Gasteiger partial charge in [-0.15, -0.1) is 0 Å². The van der Waals surface area contributed by atoms with Gasteiger partial charge in [0, 0.05) is 0 Å². The Morgan fingerprint density at radius 3 is 2.57 bits per heavy atom. The maximum atomic E-state index is 8.90. The van der Waals surface area contributed by atoms with Crippen LogP contribution in [-0.4, -0.2) is 5.21 Å². The van der Waals surface area contributed by atoms with Crippen molar-refractivity contribution in [2.75, 3.05) is 0 Å². The van der Waals surface area contributed by atoms with Crippen molar-refractivity contribution >= 4 is 10.8 Å². The summed E-state index contributed by atoms with van der Waals surface area (Å²) in [6, 6.07) is 14.2. The van der Waals surface area contributed by atoms with E-state index in [1.54, 1.807) is 0 Å². The quantitative estimate of drug-likeness (QED) is 0.708. The smallest absolute Gasteiger partial charge is 0.0546 e. The molecule has 0 saturated carbocycles. The number of rotatable bonds is 2. The van der Waals surface area contributed by atoms with Crippen molar-refractivity contribution in [1.82, 2.24) is 5.48 Å². The van der Waals surface area contributed by atoms with Gasteiger partial charge in [0.25, 0.3) is 0 Å². The van der Waals surface area contributed by atoms with Crippen molar-refractivity contribution in [2.24, 2.45) is 0 Å². The number of hydrogen-bond donors (Lipinski definition) is 2. The number of hydroxylamine groups is 1. The lowest BCUT2D eigenvalue weighted by Gasteiger charge is -2.12. The van der Waals surface area contributed by atoms with E-state index in [9.17, 15) is 0 Å². The molecule has 0 fully saturated rings. The van der Waals surface area contributed by atoms with E-state index in [1.165, 1.54) is 10.8 Å². The van der Waals surface area contributed by atoms with Crippen LogP contribution in [0.15, 0.2) is 42.5 Å². The lowest BCUT2D eigenvalue weighted by molar-refractivity contribution is 0.134. The van der Waals surface area contributed by atoms with Gasteiger partial charge in [0.15, 0.2) is 0 Å². The zero-order chi connectivity index (χ0) is 9.97. The van der Waals surface area contributed by atoms with Crippen LogP contribution in [0.5, 0.6) is 0 Å². The SMILES string of the molecule is CC(NO)c1cccc2ccccc12. The molecule has 2 rings (SSSR count). The number of hydrogen-bond acceptors (Lipinski definition) is 2. The minimum atomic E-state index is -0.0406. The highest BCUT2D eigenvalue weighted by Crippen LogP contribution is 2.23. The molecule has 0 bridgehead atoms. The van der Waals surface area contributed by atoms with E-state index >= 15 is 0 Å². The van der Waals surface area contributed by atoms with Crippen LogP contribution in [0.4, 0.5) is 0 Å². The van der Waals surface area contributed by atoms with E-state index in [2.05, 4.69) is 23.7 Å². The molecule has 2 aromatic carbocycles. The Kier molecular flexibility index (Phi) is 2.48. The Hall–Kier alpha value is -1.38. The van der Waals surface area contributed by atoms with E-state index in [0.29, 0.717) is 0 Å². The van der Waals surface area contributed by atoms with Crippen LogP contribution in [0.3, 0.4) is 0 Å². The van der Waals surface area contributed by atoms with Gasteiger partial charge in [-0.25, -0.2) is 0 Å². The maximum Gasteiger partial charge on any atom is 0.0546 e. The number of benzene rings is 2. The molecule has 2 nitrogen and oxygen atoms in total. The molecule has 2 heteroatoms. The molecular formula is C12H13NO. The van der Waals surface area contributed by atoms with Crippen molar-refractivity contribution in [1.29, 1.82) is 0 Å². The summed E-state index contributed by atoms with van der Waals surface area (Å²) in [4.78, 5) is 0. The fraction of sp³-hybridized carbons (Fsp3) is 0.167. The number of nitrogens with one attached hydrogen (secondary N) is 1. The molecule has 0 radical (unpaired) electrons. The Morgan fingerprint density at radius 1 is 1.07 bits per heavy atom. The largest absolute Gasteiger partial charge is 0.316 e. The van der Waals surface area contributed by atoms with Crippen molar-refractivity contribution in [2.45, 2.75) is 13.0 Å². The summed E-state index contributed by atoms with van der Waals surface area (Å²) < 4.78 is 0.